The third-order valence-corrected chi connectivity index (χ3v) is 3.94. The minimum Gasteiger partial charge on any atom is -0.288 e. The summed E-state index contributed by atoms with van der Waals surface area (Å²) in [6.45, 7) is 3.97. The maximum absolute atomic E-state index is 10.9. The zero-order chi connectivity index (χ0) is 8.97. The lowest BCUT2D eigenvalue weighted by atomic mass is 10.0. The summed E-state index contributed by atoms with van der Waals surface area (Å²) < 4.78 is 0. The maximum atomic E-state index is 10.9. The van der Waals surface area contributed by atoms with E-state index < -0.39 is 0 Å². The van der Waals surface area contributed by atoms with Crippen LogP contribution in [0.25, 0.3) is 0 Å². The van der Waals surface area contributed by atoms with E-state index in [1.807, 2.05) is 0 Å². The summed E-state index contributed by atoms with van der Waals surface area (Å²) in [4.78, 5) is 10.9. The lowest BCUT2D eigenvalue weighted by Gasteiger charge is -2.18. The van der Waals surface area contributed by atoms with Crippen molar-refractivity contribution in [1.82, 2.24) is 0 Å². The van der Waals surface area contributed by atoms with Crippen molar-refractivity contribution in [3.8, 4) is 0 Å². The van der Waals surface area contributed by atoms with E-state index in [4.69, 9.17) is 0 Å². The quantitative estimate of drug-likeness (QED) is 0.585. The zero-order valence-corrected chi connectivity index (χ0v) is 8.82. The highest BCUT2D eigenvalue weighted by Crippen LogP contribution is 2.32. The molecule has 0 bridgehead atoms. The van der Waals surface area contributed by atoms with E-state index in [9.17, 15) is 4.79 Å². The van der Waals surface area contributed by atoms with Crippen LogP contribution >= 0.6 is 11.8 Å². The molecule has 0 aliphatic heterocycles. The smallest absolute Gasteiger partial charge is 0.186 e. The fraction of sp³-hybridized carbons (Fsp3) is 0.900. The zero-order valence-electron chi connectivity index (χ0n) is 8.01. The topological polar surface area (TPSA) is 17.1 Å². The first-order valence-electron chi connectivity index (χ1n) is 4.87. The molecule has 1 nitrogen and oxygen atoms in total. The Kier molecular flexibility index (Phi) is 4.13. The van der Waals surface area contributed by atoms with Gasteiger partial charge in [-0.25, -0.2) is 0 Å². The summed E-state index contributed by atoms with van der Waals surface area (Å²) >= 11 is 1.56. The highest BCUT2D eigenvalue weighted by molar-refractivity contribution is 8.14. The summed E-state index contributed by atoms with van der Waals surface area (Å²) in [7, 11) is 0. The number of hydrogen-bond donors (Lipinski definition) is 0. The van der Waals surface area contributed by atoms with Gasteiger partial charge >= 0.3 is 0 Å². The monoisotopic (exact) mass is 186 g/mol. The van der Waals surface area contributed by atoms with Gasteiger partial charge in [0.15, 0.2) is 5.12 Å². The molecule has 0 aromatic rings. The Bertz CT molecular complexity index is 156. The third-order valence-electron chi connectivity index (χ3n) is 2.60. The van der Waals surface area contributed by atoms with Crippen LogP contribution in [0, 0.1) is 5.92 Å². The number of hydrogen-bond acceptors (Lipinski definition) is 2. The van der Waals surface area contributed by atoms with Gasteiger partial charge in [0.25, 0.3) is 0 Å². The molecule has 0 aromatic carbocycles. The number of rotatable bonds is 1. The average Bonchev–Trinajstić information content (AvgIpc) is 2.16. The normalized spacial score (nSPS) is 31.2. The van der Waals surface area contributed by atoms with Crippen molar-refractivity contribution in [3.63, 3.8) is 0 Å². The van der Waals surface area contributed by atoms with Crippen molar-refractivity contribution in [2.75, 3.05) is 0 Å². The van der Waals surface area contributed by atoms with Crippen molar-refractivity contribution in [2.24, 2.45) is 5.92 Å². The van der Waals surface area contributed by atoms with E-state index in [-0.39, 0.29) is 5.12 Å². The number of carbonyl (C=O) groups is 1. The largest absolute Gasteiger partial charge is 0.288 e. The van der Waals surface area contributed by atoms with Crippen LogP contribution in [0.4, 0.5) is 0 Å². The second-order valence-electron chi connectivity index (χ2n) is 3.76. The first-order chi connectivity index (χ1) is 5.70. The second-order valence-corrected chi connectivity index (χ2v) is 5.18. The molecular weight excluding hydrogens is 168 g/mol. The molecule has 0 N–H and O–H groups in total. The standard InChI is InChI=1S/C10H18OS/c1-8-6-4-3-5-7-10(8)12-9(2)11/h8,10H,3-7H2,1-2H3. The van der Waals surface area contributed by atoms with Crippen LogP contribution in [-0.4, -0.2) is 10.4 Å². The van der Waals surface area contributed by atoms with Gasteiger partial charge < -0.3 is 0 Å². The molecule has 1 rings (SSSR count). The van der Waals surface area contributed by atoms with Crippen molar-refractivity contribution < 1.29 is 4.79 Å². The van der Waals surface area contributed by atoms with Crippen LogP contribution in [0.15, 0.2) is 0 Å². The van der Waals surface area contributed by atoms with Crippen LogP contribution in [0.1, 0.15) is 46.0 Å². The van der Waals surface area contributed by atoms with E-state index in [0.717, 1.165) is 5.92 Å². The summed E-state index contributed by atoms with van der Waals surface area (Å²) in [5.41, 5.74) is 0. The Morgan fingerprint density at radius 3 is 2.58 bits per heavy atom. The Labute approximate surface area is 79.3 Å². The Morgan fingerprint density at radius 1 is 1.25 bits per heavy atom. The molecule has 2 atom stereocenters. The summed E-state index contributed by atoms with van der Waals surface area (Å²) in [5.74, 6) is 0.737. The highest BCUT2D eigenvalue weighted by Gasteiger charge is 2.21. The number of carbonyl (C=O) groups excluding carboxylic acids is 1. The number of thioether (sulfide) groups is 1. The second kappa shape index (κ2) is 4.90. The molecule has 2 heteroatoms. The first kappa shape index (κ1) is 10.1. The molecule has 0 saturated heterocycles. The van der Waals surface area contributed by atoms with Crippen LogP contribution in [0.5, 0.6) is 0 Å². The molecule has 0 aromatic heterocycles. The van der Waals surface area contributed by atoms with Crippen LogP contribution in [0.2, 0.25) is 0 Å². The van der Waals surface area contributed by atoms with Gasteiger partial charge in [-0.15, -0.1) is 0 Å². The van der Waals surface area contributed by atoms with Crippen molar-refractivity contribution in [1.29, 1.82) is 0 Å². The summed E-state index contributed by atoms with van der Waals surface area (Å²) in [5, 5.41) is 0.888. The molecule has 0 amide bonds. The van der Waals surface area contributed by atoms with Crippen molar-refractivity contribution in [2.45, 2.75) is 51.2 Å². The van der Waals surface area contributed by atoms with Crippen LogP contribution < -0.4 is 0 Å². The first-order valence-corrected chi connectivity index (χ1v) is 5.75. The van der Waals surface area contributed by atoms with E-state index >= 15 is 0 Å². The van der Waals surface area contributed by atoms with E-state index in [2.05, 4.69) is 6.92 Å². The average molecular weight is 186 g/mol. The van der Waals surface area contributed by atoms with Gasteiger partial charge in [0, 0.05) is 12.2 Å². The molecule has 0 radical (unpaired) electrons. The fourth-order valence-corrected chi connectivity index (χ4v) is 2.93. The predicted octanol–water partition coefficient (Wildman–Crippen LogP) is 3.23. The van der Waals surface area contributed by atoms with Crippen LogP contribution in [0.3, 0.4) is 0 Å². The maximum Gasteiger partial charge on any atom is 0.186 e. The Balaban J connectivity index is 2.41. The fourth-order valence-electron chi connectivity index (χ4n) is 1.85. The van der Waals surface area contributed by atoms with Gasteiger partial charge in [-0.1, -0.05) is 37.9 Å². The van der Waals surface area contributed by atoms with E-state index in [1.165, 1.54) is 32.1 Å². The van der Waals surface area contributed by atoms with Gasteiger partial charge in [-0.05, 0) is 18.8 Å². The SMILES string of the molecule is CC(=O)SC1CCCCCC1C. The molecule has 0 heterocycles. The molecule has 12 heavy (non-hydrogen) atoms. The summed E-state index contributed by atoms with van der Waals surface area (Å²) in [6.07, 6.45) is 6.58. The van der Waals surface area contributed by atoms with Gasteiger partial charge in [0.05, 0.1) is 0 Å². The lowest BCUT2D eigenvalue weighted by Crippen LogP contribution is -2.13. The Morgan fingerprint density at radius 2 is 1.92 bits per heavy atom. The predicted molar refractivity (Wildman–Crippen MR) is 54.3 cm³/mol. The van der Waals surface area contributed by atoms with Crippen molar-refractivity contribution >= 4 is 16.9 Å². The minimum absolute atomic E-state index is 0.286. The Hall–Kier alpha value is 0.0200. The molecular formula is C10H18OS. The highest BCUT2D eigenvalue weighted by atomic mass is 32.2. The molecule has 1 aliphatic carbocycles. The van der Waals surface area contributed by atoms with Gasteiger partial charge in [0.2, 0.25) is 0 Å². The molecule has 1 saturated carbocycles. The van der Waals surface area contributed by atoms with Crippen molar-refractivity contribution in [3.05, 3.63) is 0 Å². The third kappa shape index (κ3) is 3.18. The van der Waals surface area contributed by atoms with Crippen LogP contribution in [-0.2, 0) is 4.79 Å². The lowest BCUT2D eigenvalue weighted by molar-refractivity contribution is -0.109. The molecule has 0 spiro atoms. The van der Waals surface area contributed by atoms with Gasteiger partial charge in [0.1, 0.15) is 0 Å². The molecule has 2 unspecified atom stereocenters. The molecule has 1 fully saturated rings. The molecule has 70 valence electrons. The minimum atomic E-state index is 0.286. The molecule has 1 aliphatic rings. The van der Waals surface area contributed by atoms with E-state index in [0.29, 0.717) is 5.25 Å². The van der Waals surface area contributed by atoms with Gasteiger partial charge in [-0.3, -0.25) is 4.79 Å². The van der Waals surface area contributed by atoms with E-state index in [1.54, 1.807) is 18.7 Å². The van der Waals surface area contributed by atoms with Gasteiger partial charge in [-0.2, -0.15) is 0 Å². The summed E-state index contributed by atoms with van der Waals surface area (Å²) in [6, 6.07) is 0.